The number of carbonyl (C=O) groups excluding carboxylic acids is 2. The molecule has 4 aliphatic rings. The van der Waals surface area contributed by atoms with Crippen molar-refractivity contribution in [2.45, 2.75) is 77.4 Å². The Morgan fingerprint density at radius 3 is 2.50 bits per heavy atom. The highest BCUT2D eigenvalue weighted by atomic mass is 16.3. The van der Waals surface area contributed by atoms with E-state index in [1.165, 1.54) is 0 Å². The molecular formula is C20H30O4. The predicted octanol–water partition coefficient (Wildman–Crippen LogP) is 2.50. The zero-order valence-corrected chi connectivity index (χ0v) is 14.8. The molecule has 4 fully saturated rings. The van der Waals surface area contributed by atoms with Gasteiger partial charge in [0.15, 0.2) is 5.78 Å². The van der Waals surface area contributed by atoms with Crippen LogP contribution in [0.3, 0.4) is 0 Å². The molecule has 0 radical (unpaired) electrons. The molecule has 8 atom stereocenters. The maximum atomic E-state index is 13.2. The summed E-state index contributed by atoms with van der Waals surface area (Å²) in [6.07, 6.45) is 5.22. The number of aliphatic hydroxyl groups is 2. The van der Waals surface area contributed by atoms with E-state index in [1.54, 1.807) is 0 Å². The van der Waals surface area contributed by atoms with Crippen molar-refractivity contribution >= 4 is 11.6 Å². The van der Waals surface area contributed by atoms with Crippen LogP contribution in [0.5, 0.6) is 0 Å². The van der Waals surface area contributed by atoms with Crippen LogP contribution in [0.2, 0.25) is 0 Å². The minimum atomic E-state index is -0.882. The number of hydrogen-bond acceptors (Lipinski definition) is 4. The molecule has 0 aromatic carbocycles. The molecule has 2 N–H and O–H groups in total. The van der Waals surface area contributed by atoms with Crippen LogP contribution in [0.1, 0.15) is 65.2 Å². The Bertz CT molecular complexity index is 572. The second-order valence-electron chi connectivity index (χ2n) is 9.47. The van der Waals surface area contributed by atoms with Crippen molar-refractivity contribution in [3.63, 3.8) is 0 Å². The first-order chi connectivity index (χ1) is 11.3. The summed E-state index contributed by atoms with van der Waals surface area (Å²) in [7, 11) is 0. The first-order valence-electron chi connectivity index (χ1n) is 9.70. The van der Waals surface area contributed by atoms with Gasteiger partial charge in [-0.15, -0.1) is 0 Å². The van der Waals surface area contributed by atoms with Gasteiger partial charge in [-0.1, -0.05) is 13.8 Å². The Balaban J connectivity index is 1.70. The third-order valence-electron chi connectivity index (χ3n) is 8.33. The van der Waals surface area contributed by atoms with Crippen LogP contribution < -0.4 is 0 Å². The molecule has 0 aromatic rings. The Morgan fingerprint density at radius 2 is 1.75 bits per heavy atom. The van der Waals surface area contributed by atoms with Crippen LogP contribution in [0, 0.1) is 34.5 Å². The lowest BCUT2D eigenvalue weighted by atomic mass is 9.42. The zero-order chi connectivity index (χ0) is 17.3. The number of aliphatic hydroxyl groups excluding tert-OH is 2. The van der Waals surface area contributed by atoms with Crippen molar-refractivity contribution in [2.24, 2.45) is 34.5 Å². The van der Waals surface area contributed by atoms with E-state index in [4.69, 9.17) is 0 Å². The highest BCUT2D eigenvalue weighted by Crippen LogP contribution is 2.63. The van der Waals surface area contributed by atoms with Crippen molar-refractivity contribution in [3.8, 4) is 0 Å². The molecule has 0 amide bonds. The fourth-order valence-corrected chi connectivity index (χ4v) is 7.07. The molecule has 4 nitrogen and oxygen atoms in total. The summed E-state index contributed by atoms with van der Waals surface area (Å²) in [5.41, 5.74) is -0.674. The molecule has 0 aliphatic heterocycles. The summed E-state index contributed by atoms with van der Waals surface area (Å²) in [6.45, 7) is 4.19. The van der Waals surface area contributed by atoms with Gasteiger partial charge in [0.05, 0.1) is 6.10 Å². The third kappa shape index (κ3) is 2.11. The van der Waals surface area contributed by atoms with Crippen LogP contribution in [-0.2, 0) is 9.59 Å². The molecule has 0 bridgehead atoms. The highest BCUT2D eigenvalue weighted by molar-refractivity contribution is 5.96. The van der Waals surface area contributed by atoms with Crippen molar-refractivity contribution in [1.82, 2.24) is 0 Å². The van der Waals surface area contributed by atoms with E-state index >= 15 is 0 Å². The normalized spacial score (nSPS) is 54.7. The summed E-state index contributed by atoms with van der Waals surface area (Å²) in [5, 5.41) is 20.1. The minimum absolute atomic E-state index is 0.0142. The van der Waals surface area contributed by atoms with Crippen molar-refractivity contribution in [3.05, 3.63) is 0 Å². The average Bonchev–Trinajstić information content (AvgIpc) is 2.52. The Kier molecular flexibility index (Phi) is 3.74. The van der Waals surface area contributed by atoms with E-state index in [1.807, 2.05) is 6.92 Å². The number of ketones is 2. The largest absolute Gasteiger partial charge is 0.393 e. The van der Waals surface area contributed by atoms with E-state index in [9.17, 15) is 19.8 Å². The van der Waals surface area contributed by atoms with E-state index in [-0.39, 0.29) is 40.8 Å². The second-order valence-corrected chi connectivity index (χ2v) is 9.47. The molecule has 0 heterocycles. The number of hydrogen-bond donors (Lipinski definition) is 2. The molecule has 0 saturated heterocycles. The van der Waals surface area contributed by atoms with Gasteiger partial charge in [0.2, 0.25) is 0 Å². The van der Waals surface area contributed by atoms with Gasteiger partial charge >= 0.3 is 0 Å². The first-order valence-corrected chi connectivity index (χ1v) is 9.70. The average molecular weight is 334 g/mol. The quantitative estimate of drug-likeness (QED) is 0.714. The molecule has 4 heteroatoms. The Morgan fingerprint density at radius 1 is 1.00 bits per heavy atom. The van der Waals surface area contributed by atoms with Crippen LogP contribution in [0.25, 0.3) is 0 Å². The summed E-state index contributed by atoms with van der Waals surface area (Å²) >= 11 is 0. The number of Topliss-reactive ketones (excluding diaryl/α,β-unsaturated/α-hetero) is 2. The molecule has 4 saturated carbocycles. The van der Waals surface area contributed by atoms with Crippen molar-refractivity contribution in [2.75, 3.05) is 0 Å². The summed E-state index contributed by atoms with van der Waals surface area (Å²) < 4.78 is 0. The molecular weight excluding hydrogens is 304 g/mol. The van der Waals surface area contributed by atoms with Crippen LogP contribution in [0.15, 0.2) is 0 Å². The molecule has 24 heavy (non-hydrogen) atoms. The fourth-order valence-electron chi connectivity index (χ4n) is 7.07. The predicted molar refractivity (Wildman–Crippen MR) is 89.1 cm³/mol. The molecule has 0 unspecified atom stereocenters. The topological polar surface area (TPSA) is 74.6 Å². The SMILES string of the molecule is C[C@]12CC[C@@H](O)C[C@H]1CC[C@H]1[C@H]2C(=O)C[C@]2(C)C(=O)[C@H](O)CC[C@H]12. The van der Waals surface area contributed by atoms with Gasteiger partial charge in [0, 0.05) is 17.8 Å². The van der Waals surface area contributed by atoms with Gasteiger partial charge in [-0.05, 0) is 68.1 Å². The van der Waals surface area contributed by atoms with E-state index in [0.717, 1.165) is 38.5 Å². The van der Waals surface area contributed by atoms with Gasteiger partial charge < -0.3 is 10.2 Å². The third-order valence-corrected chi connectivity index (χ3v) is 8.33. The van der Waals surface area contributed by atoms with Crippen LogP contribution in [0.4, 0.5) is 0 Å². The number of rotatable bonds is 0. The van der Waals surface area contributed by atoms with Crippen LogP contribution in [-0.4, -0.2) is 34.0 Å². The lowest BCUT2D eigenvalue weighted by Crippen LogP contribution is -2.61. The van der Waals surface area contributed by atoms with Gasteiger partial charge in [0.1, 0.15) is 11.9 Å². The van der Waals surface area contributed by atoms with E-state index < -0.39 is 11.5 Å². The van der Waals surface area contributed by atoms with Gasteiger partial charge in [-0.25, -0.2) is 0 Å². The van der Waals surface area contributed by atoms with Crippen molar-refractivity contribution < 1.29 is 19.8 Å². The Hall–Kier alpha value is -0.740. The molecule has 0 spiro atoms. The number of carbonyl (C=O) groups is 2. The summed E-state index contributed by atoms with van der Waals surface area (Å²) in [6, 6.07) is 0. The monoisotopic (exact) mass is 334 g/mol. The highest BCUT2D eigenvalue weighted by Gasteiger charge is 2.63. The molecule has 134 valence electrons. The van der Waals surface area contributed by atoms with Gasteiger partial charge in [0.25, 0.3) is 0 Å². The fraction of sp³-hybridized carbons (Fsp3) is 0.900. The molecule has 0 aromatic heterocycles. The molecule has 4 aliphatic carbocycles. The van der Waals surface area contributed by atoms with E-state index in [2.05, 4.69) is 6.92 Å². The van der Waals surface area contributed by atoms with E-state index in [0.29, 0.717) is 18.8 Å². The minimum Gasteiger partial charge on any atom is -0.393 e. The zero-order valence-electron chi connectivity index (χ0n) is 14.8. The Labute approximate surface area is 144 Å². The smallest absolute Gasteiger partial charge is 0.167 e. The first kappa shape index (κ1) is 16.7. The summed E-state index contributed by atoms with van der Waals surface area (Å²) in [4.78, 5) is 25.9. The molecule has 4 rings (SSSR count). The summed E-state index contributed by atoms with van der Waals surface area (Å²) in [5.74, 6) is 1.14. The lowest BCUT2D eigenvalue weighted by Gasteiger charge is -2.61. The maximum Gasteiger partial charge on any atom is 0.167 e. The second kappa shape index (κ2) is 5.38. The maximum absolute atomic E-state index is 13.2. The van der Waals surface area contributed by atoms with Crippen LogP contribution >= 0.6 is 0 Å². The van der Waals surface area contributed by atoms with Gasteiger partial charge in [-0.3, -0.25) is 9.59 Å². The standard InChI is InChI=1S/C20H30O4/c1-19-8-7-12(21)9-11(19)3-4-13-14-5-6-15(22)18(24)20(14,2)10-16(23)17(13)19/h11-15,17,21-22H,3-10H2,1-2H3/t11-,12-,13-,14-,15-,17+,19+,20+/m1/s1. The lowest BCUT2D eigenvalue weighted by molar-refractivity contribution is -0.176. The van der Waals surface area contributed by atoms with Gasteiger partial charge in [-0.2, -0.15) is 0 Å². The van der Waals surface area contributed by atoms with Crippen molar-refractivity contribution in [1.29, 1.82) is 0 Å². The number of fused-ring (bicyclic) bond motifs is 5.